The Hall–Kier alpha value is -2.44. The van der Waals surface area contributed by atoms with E-state index in [1.165, 1.54) is 6.07 Å². The quantitative estimate of drug-likeness (QED) is 0.673. The maximum atomic E-state index is 12.0. The zero-order chi connectivity index (χ0) is 15.0. The van der Waals surface area contributed by atoms with E-state index >= 15 is 0 Å². The molecule has 1 heterocycles. The first kappa shape index (κ1) is 13.5. The van der Waals surface area contributed by atoms with E-state index in [-0.39, 0.29) is 24.1 Å². The Morgan fingerprint density at radius 2 is 2.19 bits per heavy atom. The number of hydrogen-bond donors (Lipinski definition) is 1. The van der Waals surface area contributed by atoms with Crippen LogP contribution in [-0.4, -0.2) is 28.7 Å². The van der Waals surface area contributed by atoms with Crippen LogP contribution >= 0.6 is 0 Å². The molecular weight excluding hydrogens is 274 g/mol. The highest BCUT2D eigenvalue weighted by Gasteiger charge is 2.38. The summed E-state index contributed by atoms with van der Waals surface area (Å²) in [6.07, 6.45) is 0.529. The van der Waals surface area contributed by atoms with Gasteiger partial charge in [0.25, 0.3) is 11.6 Å². The lowest BCUT2D eigenvalue weighted by Gasteiger charge is -2.08. The molecule has 3 atom stereocenters. The van der Waals surface area contributed by atoms with Crippen molar-refractivity contribution in [3.63, 3.8) is 0 Å². The van der Waals surface area contributed by atoms with E-state index < -0.39 is 11.0 Å². The Balaban J connectivity index is 1.69. The molecule has 1 aromatic carbocycles. The molecule has 0 bridgehead atoms. The average molecular weight is 289 g/mol. The molecule has 2 aliphatic rings. The van der Waals surface area contributed by atoms with E-state index in [1.807, 2.05) is 0 Å². The highest BCUT2D eigenvalue weighted by Crippen LogP contribution is 2.30. The van der Waals surface area contributed by atoms with Crippen molar-refractivity contribution < 1.29 is 14.6 Å². The van der Waals surface area contributed by atoms with Crippen molar-refractivity contribution >= 4 is 17.3 Å². The number of nitro groups is 1. The van der Waals surface area contributed by atoms with Gasteiger partial charge in [-0.15, -0.1) is 0 Å². The minimum Gasteiger partial charge on any atom is -0.382 e. The third kappa shape index (κ3) is 2.72. The summed E-state index contributed by atoms with van der Waals surface area (Å²) in [5.41, 5.74) is 0.806. The second kappa shape index (κ2) is 5.16. The van der Waals surface area contributed by atoms with Crippen LogP contribution in [0.1, 0.15) is 25.3 Å². The van der Waals surface area contributed by atoms with Gasteiger partial charge in [-0.3, -0.25) is 14.9 Å². The summed E-state index contributed by atoms with van der Waals surface area (Å²) in [5, 5.41) is 17.7. The van der Waals surface area contributed by atoms with Crippen LogP contribution in [0.5, 0.6) is 0 Å². The first-order valence-electron chi connectivity index (χ1n) is 6.83. The normalized spacial score (nSPS) is 26.7. The Kier molecular flexibility index (Phi) is 3.32. The number of amides is 1. The SMILES string of the molecule is C[C@@H]1C[C@@H]1NC(=O)[C@@H]1CC(c2ccccc2[N+](=O)[O-])=NO1. The van der Waals surface area contributed by atoms with Gasteiger partial charge in [0, 0.05) is 18.5 Å². The molecule has 0 spiro atoms. The molecule has 7 nitrogen and oxygen atoms in total. The number of nitrogens with one attached hydrogen (secondary N) is 1. The minimum atomic E-state index is -0.701. The minimum absolute atomic E-state index is 0.0308. The number of nitro benzene ring substituents is 1. The van der Waals surface area contributed by atoms with E-state index in [0.717, 1.165) is 6.42 Å². The van der Waals surface area contributed by atoms with Gasteiger partial charge in [0.2, 0.25) is 6.10 Å². The lowest BCUT2D eigenvalue weighted by molar-refractivity contribution is -0.385. The van der Waals surface area contributed by atoms with Crippen LogP contribution in [0.4, 0.5) is 5.69 Å². The number of benzene rings is 1. The molecule has 0 unspecified atom stereocenters. The third-order valence-corrected chi connectivity index (χ3v) is 3.81. The molecule has 3 rings (SSSR count). The molecule has 110 valence electrons. The Bertz CT molecular complexity index is 628. The van der Waals surface area contributed by atoms with E-state index in [9.17, 15) is 14.9 Å². The van der Waals surface area contributed by atoms with Crippen molar-refractivity contribution in [2.45, 2.75) is 31.9 Å². The highest BCUT2D eigenvalue weighted by molar-refractivity contribution is 6.06. The van der Waals surface area contributed by atoms with Crippen LogP contribution < -0.4 is 5.32 Å². The Labute approximate surface area is 121 Å². The number of nitrogens with zero attached hydrogens (tertiary/aromatic N) is 2. The van der Waals surface area contributed by atoms with Crippen LogP contribution in [0.25, 0.3) is 0 Å². The smallest absolute Gasteiger partial charge is 0.278 e. The summed E-state index contributed by atoms with van der Waals surface area (Å²) in [7, 11) is 0. The van der Waals surface area contributed by atoms with Gasteiger partial charge >= 0.3 is 0 Å². The molecule has 1 fully saturated rings. The molecule has 1 aromatic rings. The summed E-state index contributed by atoms with van der Waals surface area (Å²) in [6, 6.07) is 6.54. The molecule has 1 aliphatic heterocycles. The predicted molar refractivity (Wildman–Crippen MR) is 74.8 cm³/mol. The zero-order valence-corrected chi connectivity index (χ0v) is 11.5. The van der Waals surface area contributed by atoms with Crippen LogP contribution in [0.2, 0.25) is 0 Å². The molecule has 1 saturated carbocycles. The first-order chi connectivity index (χ1) is 10.1. The Morgan fingerprint density at radius 3 is 2.86 bits per heavy atom. The van der Waals surface area contributed by atoms with Gasteiger partial charge in [-0.2, -0.15) is 0 Å². The highest BCUT2D eigenvalue weighted by atomic mass is 16.6. The van der Waals surface area contributed by atoms with Gasteiger partial charge < -0.3 is 10.2 Å². The summed E-state index contributed by atoms with van der Waals surface area (Å²) in [4.78, 5) is 27.7. The summed E-state index contributed by atoms with van der Waals surface area (Å²) >= 11 is 0. The lowest BCUT2D eigenvalue weighted by Crippen LogP contribution is -2.36. The standard InChI is InChI=1S/C14H15N3O4/c1-8-6-10(8)15-14(18)13-7-11(16-21-13)9-4-2-3-5-12(9)17(19)20/h2-5,8,10,13H,6-7H2,1H3,(H,15,18)/t8-,10+,13+/m1/s1. The fourth-order valence-electron chi connectivity index (χ4n) is 2.35. The van der Waals surface area contributed by atoms with E-state index in [2.05, 4.69) is 17.4 Å². The second-order valence-corrected chi connectivity index (χ2v) is 5.44. The van der Waals surface area contributed by atoms with Crippen molar-refractivity contribution in [3.8, 4) is 0 Å². The molecule has 0 saturated heterocycles. The van der Waals surface area contributed by atoms with Gasteiger partial charge in [-0.05, 0) is 18.4 Å². The second-order valence-electron chi connectivity index (χ2n) is 5.44. The topological polar surface area (TPSA) is 93.8 Å². The van der Waals surface area contributed by atoms with Crippen molar-refractivity contribution in [3.05, 3.63) is 39.9 Å². The van der Waals surface area contributed by atoms with Crippen LogP contribution in [0.3, 0.4) is 0 Å². The largest absolute Gasteiger partial charge is 0.382 e. The van der Waals surface area contributed by atoms with Crippen LogP contribution in [0, 0.1) is 16.0 Å². The molecule has 1 aliphatic carbocycles. The number of oxime groups is 1. The van der Waals surface area contributed by atoms with Gasteiger partial charge in [-0.25, -0.2) is 0 Å². The molecule has 7 heteroatoms. The Morgan fingerprint density at radius 1 is 1.48 bits per heavy atom. The number of rotatable bonds is 4. The predicted octanol–water partition coefficient (Wildman–Crippen LogP) is 1.61. The number of carbonyl (C=O) groups excluding carboxylic acids is 1. The summed E-state index contributed by atoms with van der Waals surface area (Å²) in [6.45, 7) is 2.07. The monoisotopic (exact) mass is 289 g/mol. The number of carbonyl (C=O) groups is 1. The van der Waals surface area contributed by atoms with Crippen LogP contribution in [0.15, 0.2) is 29.4 Å². The molecule has 0 radical (unpaired) electrons. The maximum absolute atomic E-state index is 12.0. The molecular formula is C14H15N3O4. The molecule has 1 amide bonds. The van der Waals surface area contributed by atoms with Crippen molar-refractivity contribution in [1.82, 2.24) is 5.32 Å². The number of para-hydroxylation sites is 1. The fourth-order valence-corrected chi connectivity index (χ4v) is 2.35. The molecule has 21 heavy (non-hydrogen) atoms. The summed E-state index contributed by atoms with van der Waals surface area (Å²) < 4.78 is 0. The van der Waals surface area contributed by atoms with Crippen molar-refractivity contribution in [1.29, 1.82) is 0 Å². The van der Waals surface area contributed by atoms with E-state index in [0.29, 0.717) is 17.2 Å². The van der Waals surface area contributed by atoms with Gasteiger partial charge in [0.1, 0.15) is 0 Å². The third-order valence-electron chi connectivity index (χ3n) is 3.81. The first-order valence-corrected chi connectivity index (χ1v) is 6.83. The lowest BCUT2D eigenvalue weighted by atomic mass is 10.0. The number of hydrogen-bond acceptors (Lipinski definition) is 5. The van der Waals surface area contributed by atoms with Gasteiger partial charge in [0.05, 0.1) is 16.2 Å². The van der Waals surface area contributed by atoms with E-state index in [1.54, 1.807) is 18.2 Å². The maximum Gasteiger partial charge on any atom is 0.278 e. The fraction of sp³-hybridized carbons (Fsp3) is 0.429. The van der Waals surface area contributed by atoms with Crippen LogP contribution in [-0.2, 0) is 9.63 Å². The molecule has 0 aromatic heterocycles. The zero-order valence-electron chi connectivity index (χ0n) is 11.5. The van der Waals surface area contributed by atoms with Gasteiger partial charge in [-0.1, -0.05) is 24.2 Å². The summed E-state index contributed by atoms with van der Waals surface area (Å²) in [5.74, 6) is 0.299. The van der Waals surface area contributed by atoms with Gasteiger partial charge in [0.15, 0.2) is 0 Å². The molecule has 1 N–H and O–H groups in total. The average Bonchev–Trinajstić information content (AvgIpc) is 2.97. The van der Waals surface area contributed by atoms with Crippen molar-refractivity contribution in [2.24, 2.45) is 11.1 Å². The van der Waals surface area contributed by atoms with E-state index in [4.69, 9.17) is 4.84 Å². The van der Waals surface area contributed by atoms with Crippen molar-refractivity contribution in [2.75, 3.05) is 0 Å².